The van der Waals surface area contributed by atoms with Gasteiger partial charge in [-0.15, -0.1) is 0 Å². The largest absolute Gasteiger partial charge is 0.344 e. The minimum atomic E-state index is 0.507. The Morgan fingerprint density at radius 1 is 1.78 bits per heavy atom. The molecule has 1 aliphatic rings. The van der Waals surface area contributed by atoms with Crippen LogP contribution in [0, 0.1) is 0 Å². The number of rotatable bonds is 2. The summed E-state index contributed by atoms with van der Waals surface area (Å²) < 4.78 is 0. The van der Waals surface area contributed by atoms with Gasteiger partial charge < -0.3 is 4.90 Å². The van der Waals surface area contributed by atoms with Crippen molar-refractivity contribution in [1.29, 1.82) is 0 Å². The molecule has 1 aliphatic heterocycles. The van der Waals surface area contributed by atoms with E-state index in [0.29, 0.717) is 6.04 Å². The summed E-state index contributed by atoms with van der Waals surface area (Å²) in [6.45, 7) is 0. The van der Waals surface area contributed by atoms with Crippen LogP contribution in [-0.2, 0) is 4.79 Å². The van der Waals surface area contributed by atoms with E-state index in [4.69, 9.17) is 0 Å². The third-order valence-corrected chi connectivity index (χ3v) is 2.79. The van der Waals surface area contributed by atoms with Gasteiger partial charge in [-0.1, -0.05) is 0 Å². The summed E-state index contributed by atoms with van der Waals surface area (Å²) in [4.78, 5) is 12.0. The lowest BCUT2D eigenvalue weighted by molar-refractivity contribution is -0.118. The molecule has 9 heavy (non-hydrogen) atoms. The molecule has 3 heteroatoms. The first-order valence-corrected chi connectivity index (χ1v) is 4.25. The molecular formula is C6H11NOS. The summed E-state index contributed by atoms with van der Waals surface area (Å²) >= 11 is 1.93. The Hall–Kier alpha value is -0.180. The monoisotopic (exact) mass is 145 g/mol. The number of hydrogen-bond donors (Lipinski definition) is 0. The highest BCUT2D eigenvalue weighted by atomic mass is 32.2. The third-order valence-electron chi connectivity index (χ3n) is 1.65. The lowest BCUT2D eigenvalue weighted by Crippen LogP contribution is -2.29. The van der Waals surface area contributed by atoms with Gasteiger partial charge in [0.25, 0.3) is 0 Å². The molecule has 52 valence electrons. The Balaban J connectivity index is 2.32. The second-order valence-corrected chi connectivity index (χ2v) is 3.44. The number of amides is 1. The predicted molar refractivity (Wildman–Crippen MR) is 39.6 cm³/mol. The predicted octanol–water partition coefficient (Wildman–Crippen LogP) is 0.580. The Kier molecular flexibility index (Phi) is 2.39. The number of carbonyl (C=O) groups is 1. The maximum atomic E-state index is 10.2. The lowest BCUT2D eigenvalue weighted by Gasteiger charge is -2.17. The smallest absolute Gasteiger partial charge is 0.209 e. The van der Waals surface area contributed by atoms with Crippen LogP contribution >= 0.6 is 11.8 Å². The Morgan fingerprint density at radius 2 is 2.56 bits per heavy atom. The van der Waals surface area contributed by atoms with Crippen molar-refractivity contribution in [2.45, 2.75) is 12.5 Å². The minimum absolute atomic E-state index is 0.507. The highest BCUT2D eigenvalue weighted by Crippen LogP contribution is 2.19. The Bertz CT molecular complexity index is 101. The first kappa shape index (κ1) is 6.93. The average Bonchev–Trinajstić information content (AvgIpc) is 2.37. The van der Waals surface area contributed by atoms with Crippen molar-refractivity contribution in [3.8, 4) is 0 Å². The van der Waals surface area contributed by atoms with Gasteiger partial charge in [-0.25, -0.2) is 0 Å². The van der Waals surface area contributed by atoms with E-state index in [1.807, 2.05) is 18.8 Å². The molecule has 0 aromatic heterocycles. The van der Waals surface area contributed by atoms with Crippen molar-refractivity contribution in [1.82, 2.24) is 4.90 Å². The first-order valence-electron chi connectivity index (χ1n) is 3.09. The van der Waals surface area contributed by atoms with Gasteiger partial charge in [0, 0.05) is 18.8 Å². The Labute approximate surface area is 59.6 Å². The van der Waals surface area contributed by atoms with Gasteiger partial charge in [-0.05, 0) is 12.2 Å². The van der Waals surface area contributed by atoms with Crippen LogP contribution in [0.4, 0.5) is 0 Å². The molecule has 1 saturated heterocycles. The van der Waals surface area contributed by atoms with E-state index in [2.05, 4.69) is 0 Å². The summed E-state index contributed by atoms with van der Waals surface area (Å²) in [7, 11) is 1.85. The molecule has 1 heterocycles. The van der Waals surface area contributed by atoms with E-state index in [0.717, 1.165) is 12.2 Å². The number of nitrogens with zero attached hydrogens (tertiary/aromatic N) is 1. The summed E-state index contributed by atoms with van der Waals surface area (Å²) in [6.07, 6.45) is 2.08. The quantitative estimate of drug-likeness (QED) is 0.530. The molecule has 2 nitrogen and oxygen atoms in total. The first-order chi connectivity index (χ1) is 4.34. The number of thioether (sulfide) groups is 1. The molecule has 0 aromatic carbocycles. The lowest BCUT2D eigenvalue weighted by atomic mass is 10.2. The Morgan fingerprint density at radius 3 is 3.00 bits per heavy atom. The second-order valence-electron chi connectivity index (χ2n) is 2.29. The van der Waals surface area contributed by atoms with Gasteiger partial charge in [-0.3, -0.25) is 4.79 Å². The minimum Gasteiger partial charge on any atom is -0.344 e. The molecule has 0 aromatic rings. The average molecular weight is 145 g/mol. The molecule has 1 fully saturated rings. The van der Waals surface area contributed by atoms with Crippen LogP contribution in [0.2, 0.25) is 0 Å². The zero-order chi connectivity index (χ0) is 6.69. The second kappa shape index (κ2) is 3.11. The van der Waals surface area contributed by atoms with Crippen LogP contribution in [0.3, 0.4) is 0 Å². The molecule has 1 unspecified atom stereocenters. The van der Waals surface area contributed by atoms with Crippen LogP contribution < -0.4 is 0 Å². The van der Waals surface area contributed by atoms with Crippen molar-refractivity contribution in [2.75, 3.05) is 18.6 Å². The van der Waals surface area contributed by atoms with Gasteiger partial charge in [0.2, 0.25) is 6.41 Å². The SMILES string of the molecule is CN(C=O)C1CCSC1. The molecule has 1 rings (SSSR count). The van der Waals surface area contributed by atoms with Crippen LogP contribution in [0.25, 0.3) is 0 Å². The molecule has 1 atom stereocenters. The van der Waals surface area contributed by atoms with E-state index in [9.17, 15) is 4.79 Å². The van der Waals surface area contributed by atoms with Gasteiger partial charge in [0.05, 0.1) is 0 Å². The highest BCUT2D eigenvalue weighted by Gasteiger charge is 2.17. The molecule has 1 amide bonds. The van der Waals surface area contributed by atoms with E-state index in [-0.39, 0.29) is 0 Å². The molecule has 0 spiro atoms. The fourth-order valence-electron chi connectivity index (χ4n) is 0.929. The summed E-state index contributed by atoms with van der Waals surface area (Å²) in [5, 5.41) is 0. The van der Waals surface area contributed by atoms with Gasteiger partial charge >= 0.3 is 0 Å². The fourth-order valence-corrected chi connectivity index (χ4v) is 2.21. The van der Waals surface area contributed by atoms with Crippen molar-refractivity contribution in [3.05, 3.63) is 0 Å². The van der Waals surface area contributed by atoms with Crippen LogP contribution in [-0.4, -0.2) is 35.9 Å². The van der Waals surface area contributed by atoms with Crippen molar-refractivity contribution < 1.29 is 4.79 Å². The topological polar surface area (TPSA) is 20.3 Å². The molecule has 0 radical (unpaired) electrons. The van der Waals surface area contributed by atoms with Gasteiger partial charge in [0.15, 0.2) is 0 Å². The van der Waals surface area contributed by atoms with Gasteiger partial charge in [0.1, 0.15) is 0 Å². The molecule has 0 N–H and O–H groups in total. The highest BCUT2D eigenvalue weighted by molar-refractivity contribution is 7.99. The number of carbonyl (C=O) groups excluding carboxylic acids is 1. The van der Waals surface area contributed by atoms with E-state index in [1.54, 1.807) is 4.90 Å². The van der Waals surface area contributed by atoms with Gasteiger partial charge in [-0.2, -0.15) is 11.8 Å². The van der Waals surface area contributed by atoms with Crippen LogP contribution in [0.5, 0.6) is 0 Å². The van der Waals surface area contributed by atoms with Crippen molar-refractivity contribution in [2.24, 2.45) is 0 Å². The van der Waals surface area contributed by atoms with Crippen molar-refractivity contribution in [3.63, 3.8) is 0 Å². The fraction of sp³-hybridized carbons (Fsp3) is 0.833. The van der Waals surface area contributed by atoms with E-state index >= 15 is 0 Å². The molecular weight excluding hydrogens is 134 g/mol. The zero-order valence-corrected chi connectivity index (χ0v) is 6.36. The van der Waals surface area contributed by atoms with E-state index < -0.39 is 0 Å². The summed E-state index contributed by atoms with van der Waals surface area (Å²) in [6, 6.07) is 0.507. The summed E-state index contributed by atoms with van der Waals surface area (Å²) in [5.41, 5.74) is 0. The van der Waals surface area contributed by atoms with E-state index in [1.165, 1.54) is 12.2 Å². The zero-order valence-electron chi connectivity index (χ0n) is 5.54. The van der Waals surface area contributed by atoms with Crippen LogP contribution in [0.15, 0.2) is 0 Å². The third kappa shape index (κ3) is 1.61. The molecule has 0 saturated carbocycles. The summed E-state index contributed by atoms with van der Waals surface area (Å²) in [5.74, 6) is 2.33. The normalized spacial score (nSPS) is 26.1. The van der Waals surface area contributed by atoms with Crippen LogP contribution in [0.1, 0.15) is 6.42 Å². The molecule has 0 aliphatic carbocycles. The maximum Gasteiger partial charge on any atom is 0.209 e. The van der Waals surface area contributed by atoms with Crippen molar-refractivity contribution >= 4 is 18.2 Å². The standard InChI is InChI=1S/C6H11NOS/c1-7(5-8)6-2-3-9-4-6/h5-6H,2-4H2,1H3. The molecule has 0 bridgehead atoms. The maximum absolute atomic E-state index is 10.2. The number of hydrogen-bond acceptors (Lipinski definition) is 2.